The molecule has 0 heterocycles. The summed E-state index contributed by atoms with van der Waals surface area (Å²) < 4.78 is 0. The van der Waals surface area contributed by atoms with Gasteiger partial charge in [-0.1, -0.05) is 0 Å². The third kappa shape index (κ3) is 61.1. The maximum absolute atomic E-state index is 8.90. The van der Waals surface area contributed by atoms with Crippen molar-refractivity contribution < 1.29 is 109 Å². The van der Waals surface area contributed by atoms with Crippen LogP contribution in [0.3, 0.4) is 0 Å². The predicted octanol–water partition coefficient (Wildman–Crippen LogP) is -5.77. The Morgan fingerprint density at radius 1 is 1.70 bits per heavy atom. The van der Waals surface area contributed by atoms with E-state index in [0.29, 0.717) is 0 Å². The molecule has 50 valence electrons. The number of aliphatic hydroxyl groups excluding tert-OH is 1. The normalized spacial score (nSPS) is 4.00. The standard InChI is InChI=1S/CHNO.CH2O4.K.Na.2H/c2-1-3;2-1(3)5-4;;;;/h3H;4H,(H,2,3);;;;/q;;2*+1;2*-1. The molecule has 0 unspecified atom stereocenters. The minimum Gasteiger partial charge on any atom is -1.00 e. The number of hydrogen-bond donors (Lipinski definition) is 3. The zero-order valence-corrected chi connectivity index (χ0v) is 10.7. The van der Waals surface area contributed by atoms with Crippen LogP contribution in [-0.4, -0.2) is 21.6 Å². The largest absolute Gasteiger partial charge is 1.00 e. The Hall–Kier alpha value is 1.16. The fourth-order valence-electron chi connectivity index (χ4n) is 0. The maximum atomic E-state index is 8.90. The van der Waals surface area contributed by atoms with E-state index in [9.17, 15) is 0 Å². The van der Waals surface area contributed by atoms with Crippen LogP contribution in [0.2, 0.25) is 0 Å². The molecule has 0 aromatic heterocycles. The Morgan fingerprint density at radius 2 is 1.80 bits per heavy atom. The van der Waals surface area contributed by atoms with Gasteiger partial charge in [-0.2, -0.15) is 10.5 Å². The van der Waals surface area contributed by atoms with Crippen LogP contribution in [0, 0.1) is 11.5 Å². The Labute approximate surface area is 124 Å². The van der Waals surface area contributed by atoms with Gasteiger partial charge < -0.3 is 13.1 Å². The first-order valence-electron chi connectivity index (χ1n) is 1.26. The molecule has 0 bridgehead atoms. The van der Waals surface area contributed by atoms with Crippen molar-refractivity contribution in [3.8, 4) is 6.26 Å². The molecule has 10 heavy (non-hydrogen) atoms. The zero-order valence-electron chi connectivity index (χ0n) is 7.61. The molecule has 0 aliphatic carbocycles. The van der Waals surface area contributed by atoms with Gasteiger partial charge in [-0.15, -0.1) is 0 Å². The van der Waals surface area contributed by atoms with Crippen LogP contribution in [0.15, 0.2) is 0 Å². The molecular weight excluding hydrogens is 180 g/mol. The monoisotopic (exact) mass is 185 g/mol. The summed E-state index contributed by atoms with van der Waals surface area (Å²) in [7, 11) is 0. The van der Waals surface area contributed by atoms with Crippen LogP contribution in [0.25, 0.3) is 0 Å². The first-order valence-corrected chi connectivity index (χ1v) is 1.26. The summed E-state index contributed by atoms with van der Waals surface area (Å²) in [5.41, 5.74) is 0. The van der Waals surface area contributed by atoms with E-state index in [-0.39, 0.29) is 83.8 Å². The molecule has 8 heteroatoms. The van der Waals surface area contributed by atoms with Gasteiger partial charge in [0.05, 0.1) is 0 Å². The van der Waals surface area contributed by atoms with E-state index in [4.69, 9.17) is 25.5 Å². The second-order valence-electron chi connectivity index (χ2n) is 0.457. The van der Waals surface area contributed by atoms with Crippen molar-refractivity contribution in [2.75, 3.05) is 0 Å². The predicted molar refractivity (Wildman–Crippen MR) is 21.5 cm³/mol. The quantitative estimate of drug-likeness (QED) is 0.150. The van der Waals surface area contributed by atoms with E-state index in [1.54, 1.807) is 0 Å². The van der Waals surface area contributed by atoms with Crippen LogP contribution >= 0.6 is 0 Å². The molecule has 0 aromatic rings. The molecule has 0 aromatic carbocycles. The topological polar surface area (TPSA) is 111 Å². The van der Waals surface area contributed by atoms with Gasteiger partial charge in [0.1, 0.15) is 0 Å². The van der Waals surface area contributed by atoms with E-state index in [1.807, 2.05) is 0 Å². The average Bonchev–Trinajstić information content (AvgIpc) is 1.69. The third-order valence-corrected chi connectivity index (χ3v) is 0.0781. The summed E-state index contributed by atoms with van der Waals surface area (Å²) >= 11 is 0. The van der Waals surface area contributed by atoms with E-state index in [0.717, 1.165) is 6.26 Å². The second kappa shape index (κ2) is 22.5. The van der Waals surface area contributed by atoms with Gasteiger partial charge in [0.25, 0.3) is 6.26 Å². The zero-order chi connectivity index (χ0) is 6.99. The Morgan fingerprint density at radius 3 is 1.80 bits per heavy atom. The molecule has 0 aliphatic rings. The summed E-state index contributed by atoms with van der Waals surface area (Å²) in [5.74, 6) is 0. The first-order chi connectivity index (χ1) is 3.68. The second-order valence-corrected chi connectivity index (χ2v) is 0.457. The third-order valence-electron chi connectivity index (χ3n) is 0.0781. The van der Waals surface area contributed by atoms with Crippen molar-refractivity contribution in [1.29, 1.82) is 5.26 Å². The molecule has 0 saturated heterocycles. The van der Waals surface area contributed by atoms with Gasteiger partial charge in [-0.3, -0.25) is 4.89 Å². The van der Waals surface area contributed by atoms with E-state index in [2.05, 4.69) is 4.89 Å². The van der Waals surface area contributed by atoms with E-state index < -0.39 is 6.16 Å². The molecule has 0 saturated carbocycles. The summed E-state index contributed by atoms with van der Waals surface area (Å²) in [6.45, 7) is 0. The van der Waals surface area contributed by atoms with E-state index in [1.165, 1.54) is 0 Å². The van der Waals surface area contributed by atoms with Crippen molar-refractivity contribution in [2.45, 2.75) is 0 Å². The van der Waals surface area contributed by atoms with Crippen molar-refractivity contribution in [1.82, 2.24) is 0 Å². The van der Waals surface area contributed by atoms with Crippen LogP contribution in [0.1, 0.15) is 2.85 Å². The number of carboxylic acid groups (broad SMARTS) is 1. The Kier molecular flexibility index (Phi) is 50.5. The molecule has 0 fully saturated rings. The Bertz CT molecular complexity index is 110. The first kappa shape index (κ1) is 22.5. The van der Waals surface area contributed by atoms with Crippen LogP contribution in [0.5, 0.6) is 0 Å². The molecule has 0 radical (unpaired) electrons. The smallest absolute Gasteiger partial charge is 1.00 e. The maximum Gasteiger partial charge on any atom is 1.00 e. The number of carbonyl (C=O) groups is 1. The summed E-state index contributed by atoms with van der Waals surface area (Å²) in [5, 5.41) is 28.0. The van der Waals surface area contributed by atoms with Crippen LogP contribution < -0.4 is 80.9 Å². The number of aliphatic hydroxyl groups is 1. The van der Waals surface area contributed by atoms with Gasteiger partial charge in [-0.05, 0) is 0 Å². The molecule has 3 N–H and O–H groups in total. The van der Waals surface area contributed by atoms with E-state index >= 15 is 0 Å². The number of nitriles is 1. The SMILES string of the molecule is N#CO.O=C(O)OO.[H-].[H-].[K+].[Na+]. The summed E-state index contributed by atoms with van der Waals surface area (Å²) in [6, 6.07) is 0. The van der Waals surface area contributed by atoms with Gasteiger partial charge in [0.15, 0.2) is 0 Å². The molecule has 6 nitrogen and oxygen atoms in total. The van der Waals surface area contributed by atoms with Crippen molar-refractivity contribution >= 4 is 6.16 Å². The fraction of sp³-hybridized carbons (Fsp3) is 0. The molecular formula is C2H5KNNaO5. The molecule has 0 amide bonds. The van der Waals surface area contributed by atoms with Gasteiger partial charge >= 0.3 is 87.1 Å². The van der Waals surface area contributed by atoms with Crippen LogP contribution in [-0.2, 0) is 4.89 Å². The van der Waals surface area contributed by atoms with Crippen molar-refractivity contribution in [3.05, 3.63) is 0 Å². The number of rotatable bonds is 0. The van der Waals surface area contributed by atoms with Crippen molar-refractivity contribution in [2.24, 2.45) is 0 Å². The number of hydrogen-bond acceptors (Lipinski definition) is 5. The fourth-order valence-corrected chi connectivity index (χ4v) is 0. The molecule has 0 aliphatic heterocycles. The minimum atomic E-state index is -1.69. The summed E-state index contributed by atoms with van der Waals surface area (Å²) in [4.78, 5) is 11.6. The summed E-state index contributed by atoms with van der Waals surface area (Å²) in [6.07, 6.45) is -0.940. The molecule has 0 rings (SSSR count). The average molecular weight is 185 g/mol. The molecule has 0 spiro atoms. The van der Waals surface area contributed by atoms with Gasteiger partial charge in [0, 0.05) is 0 Å². The van der Waals surface area contributed by atoms with Gasteiger partial charge in [0.2, 0.25) is 0 Å². The van der Waals surface area contributed by atoms with Gasteiger partial charge in [-0.25, -0.2) is 4.79 Å². The Balaban J connectivity index is -0.0000000119. The number of nitrogens with zero attached hydrogens (tertiary/aromatic N) is 1. The van der Waals surface area contributed by atoms with Crippen LogP contribution in [0.4, 0.5) is 4.79 Å². The molecule has 0 atom stereocenters. The minimum absolute atomic E-state index is 0. The van der Waals surface area contributed by atoms with Crippen molar-refractivity contribution in [3.63, 3.8) is 0 Å².